The Hall–Kier alpha value is -2.10. The molecule has 0 amide bonds. The van der Waals surface area contributed by atoms with Crippen molar-refractivity contribution < 1.29 is 22.3 Å². The van der Waals surface area contributed by atoms with Crippen LogP contribution in [0.3, 0.4) is 0 Å². The van der Waals surface area contributed by atoms with Crippen molar-refractivity contribution in [3.05, 3.63) is 47.0 Å². The Labute approximate surface area is 145 Å². The third kappa shape index (κ3) is 3.22. The van der Waals surface area contributed by atoms with Gasteiger partial charge < -0.3 is 4.74 Å². The van der Waals surface area contributed by atoms with Gasteiger partial charge in [0.1, 0.15) is 10.7 Å². The maximum atomic E-state index is 13.4. The largest absolute Gasteiger partial charge is 0.379 e. The van der Waals surface area contributed by atoms with E-state index in [1.165, 1.54) is 36.4 Å². The molecule has 0 unspecified atom stereocenters. The number of rotatable bonds is 3. The minimum Gasteiger partial charge on any atom is -0.379 e. The summed E-state index contributed by atoms with van der Waals surface area (Å²) in [4.78, 5) is 12.6. The predicted molar refractivity (Wildman–Crippen MR) is 87.4 cm³/mol. The van der Waals surface area contributed by atoms with E-state index in [4.69, 9.17) is 4.74 Å². The summed E-state index contributed by atoms with van der Waals surface area (Å²) < 4.78 is 46.7. The molecule has 25 heavy (non-hydrogen) atoms. The summed E-state index contributed by atoms with van der Waals surface area (Å²) >= 11 is 0. The first-order valence-corrected chi connectivity index (χ1v) is 9.21. The quantitative estimate of drug-likeness (QED) is 0.818. The number of nitrogens with zero attached hydrogens (tertiary/aromatic N) is 3. The van der Waals surface area contributed by atoms with Crippen molar-refractivity contribution in [2.75, 3.05) is 26.3 Å². The summed E-state index contributed by atoms with van der Waals surface area (Å²) in [6, 6.07) is 5.19. The minimum atomic E-state index is -3.78. The number of hydrogen-bond acceptors (Lipinski definition) is 5. The molecule has 0 aliphatic carbocycles. The smallest absolute Gasteiger partial charge is 0.278 e. The van der Waals surface area contributed by atoms with Gasteiger partial charge in [0.25, 0.3) is 5.91 Å². The molecule has 0 saturated carbocycles. The van der Waals surface area contributed by atoms with E-state index in [0.717, 1.165) is 10.7 Å². The van der Waals surface area contributed by atoms with Crippen LogP contribution >= 0.6 is 0 Å². The lowest BCUT2D eigenvalue weighted by molar-refractivity contribution is 0.0730. The Morgan fingerprint density at radius 3 is 2.56 bits per heavy atom. The van der Waals surface area contributed by atoms with Crippen LogP contribution in [-0.4, -0.2) is 54.7 Å². The summed E-state index contributed by atoms with van der Waals surface area (Å²) in [7, 11) is -3.78. The number of ether oxygens (including phenoxy) is 1. The zero-order valence-corrected chi connectivity index (χ0v) is 14.7. The van der Waals surface area contributed by atoms with Crippen molar-refractivity contribution in [3.8, 4) is 0 Å². The van der Waals surface area contributed by atoms with Crippen molar-refractivity contribution in [2.24, 2.45) is 0 Å². The van der Waals surface area contributed by atoms with Crippen molar-refractivity contribution in [1.82, 2.24) is 14.1 Å². The average Bonchev–Trinajstić information content (AvgIpc) is 2.90. The molecule has 9 heteroatoms. The van der Waals surface area contributed by atoms with Gasteiger partial charge in [-0.15, -0.1) is 0 Å². The highest BCUT2D eigenvalue weighted by atomic mass is 32.2. The summed E-state index contributed by atoms with van der Waals surface area (Å²) in [6.45, 7) is 4.22. The summed E-state index contributed by atoms with van der Waals surface area (Å²) in [5.74, 6) is -1.13. The molecule has 0 radical (unpaired) electrons. The fourth-order valence-electron chi connectivity index (χ4n) is 2.86. The van der Waals surface area contributed by atoms with Crippen LogP contribution in [0.15, 0.2) is 29.2 Å². The van der Waals surface area contributed by atoms with Gasteiger partial charge in [0.05, 0.1) is 24.6 Å². The number of sulfonamides is 1. The highest BCUT2D eigenvalue weighted by molar-refractivity contribution is 7.89. The SMILES string of the molecule is Cc1nn(C(=O)c2cccc(F)c2)c(C)c1S(=O)(=O)N1CCOCC1. The van der Waals surface area contributed by atoms with Gasteiger partial charge in [-0.25, -0.2) is 12.8 Å². The van der Waals surface area contributed by atoms with Gasteiger partial charge in [-0.2, -0.15) is 14.1 Å². The molecule has 1 aliphatic rings. The molecule has 1 aromatic heterocycles. The van der Waals surface area contributed by atoms with Gasteiger partial charge in [0.2, 0.25) is 10.0 Å². The normalized spacial score (nSPS) is 16.1. The maximum absolute atomic E-state index is 13.4. The van der Waals surface area contributed by atoms with Crippen molar-refractivity contribution in [2.45, 2.75) is 18.7 Å². The van der Waals surface area contributed by atoms with Crippen LogP contribution in [0.4, 0.5) is 4.39 Å². The molecule has 2 heterocycles. The first kappa shape index (κ1) is 17.7. The van der Waals surface area contributed by atoms with Gasteiger partial charge >= 0.3 is 0 Å². The van der Waals surface area contributed by atoms with E-state index in [1.807, 2.05) is 0 Å². The van der Waals surface area contributed by atoms with E-state index >= 15 is 0 Å². The molecule has 2 aromatic rings. The Morgan fingerprint density at radius 1 is 1.24 bits per heavy atom. The third-order valence-corrected chi connectivity index (χ3v) is 6.21. The standard InChI is InChI=1S/C16H18FN3O4S/c1-11-15(25(22,23)19-6-8-24-9-7-19)12(2)20(18-11)16(21)13-4-3-5-14(17)10-13/h3-5,10H,6-9H2,1-2H3. The van der Waals surface area contributed by atoms with E-state index < -0.39 is 21.7 Å². The molecule has 0 atom stereocenters. The van der Waals surface area contributed by atoms with Crippen molar-refractivity contribution >= 4 is 15.9 Å². The molecule has 134 valence electrons. The number of carbonyl (C=O) groups is 1. The van der Waals surface area contributed by atoms with Crippen LogP contribution in [-0.2, 0) is 14.8 Å². The number of benzene rings is 1. The van der Waals surface area contributed by atoms with E-state index in [0.29, 0.717) is 13.2 Å². The van der Waals surface area contributed by atoms with E-state index in [9.17, 15) is 17.6 Å². The van der Waals surface area contributed by atoms with Gasteiger partial charge in [0.15, 0.2) is 0 Å². The van der Waals surface area contributed by atoms with Crippen molar-refractivity contribution in [3.63, 3.8) is 0 Å². The molecule has 3 rings (SSSR count). The fourth-order valence-corrected chi connectivity index (χ4v) is 4.62. The Kier molecular flexibility index (Phi) is 4.72. The summed E-state index contributed by atoms with van der Waals surface area (Å²) in [5, 5.41) is 4.08. The number of carbonyl (C=O) groups excluding carboxylic acids is 1. The molecular formula is C16H18FN3O4S. The number of morpholine rings is 1. The lowest BCUT2D eigenvalue weighted by Crippen LogP contribution is -2.41. The molecule has 0 spiro atoms. The molecule has 7 nitrogen and oxygen atoms in total. The van der Waals surface area contributed by atoms with Crippen LogP contribution < -0.4 is 0 Å². The topological polar surface area (TPSA) is 81.5 Å². The molecule has 0 bridgehead atoms. The molecule has 1 saturated heterocycles. The maximum Gasteiger partial charge on any atom is 0.278 e. The molecule has 1 aliphatic heterocycles. The highest BCUT2D eigenvalue weighted by Gasteiger charge is 2.33. The second-order valence-electron chi connectivity index (χ2n) is 5.74. The van der Waals surface area contributed by atoms with Crippen LogP contribution in [0.2, 0.25) is 0 Å². The molecule has 1 aromatic carbocycles. The van der Waals surface area contributed by atoms with Crippen molar-refractivity contribution in [1.29, 1.82) is 0 Å². The second kappa shape index (κ2) is 6.66. The number of hydrogen-bond donors (Lipinski definition) is 0. The zero-order chi connectivity index (χ0) is 18.2. The minimum absolute atomic E-state index is 0.0131. The molecule has 1 fully saturated rings. The summed E-state index contributed by atoms with van der Waals surface area (Å²) in [5.41, 5.74) is 0.535. The Balaban J connectivity index is 2.02. The Bertz CT molecular complexity index is 917. The zero-order valence-electron chi connectivity index (χ0n) is 13.9. The lowest BCUT2D eigenvalue weighted by Gasteiger charge is -2.26. The van der Waals surface area contributed by atoms with Gasteiger partial charge in [-0.1, -0.05) is 6.07 Å². The molecular weight excluding hydrogens is 349 g/mol. The van der Waals surface area contributed by atoms with E-state index in [1.54, 1.807) is 0 Å². The lowest BCUT2D eigenvalue weighted by atomic mass is 10.2. The van der Waals surface area contributed by atoms with Gasteiger partial charge in [-0.3, -0.25) is 4.79 Å². The summed E-state index contributed by atoms with van der Waals surface area (Å²) in [6.07, 6.45) is 0. The fraction of sp³-hybridized carbons (Fsp3) is 0.375. The van der Waals surface area contributed by atoms with Crippen LogP contribution in [0.5, 0.6) is 0 Å². The third-order valence-electron chi connectivity index (χ3n) is 4.06. The van der Waals surface area contributed by atoms with Gasteiger partial charge in [0, 0.05) is 18.7 Å². The van der Waals surface area contributed by atoms with Crippen LogP contribution in [0, 0.1) is 19.7 Å². The van der Waals surface area contributed by atoms with Crippen LogP contribution in [0.25, 0.3) is 0 Å². The first-order chi connectivity index (χ1) is 11.8. The van der Waals surface area contributed by atoms with E-state index in [2.05, 4.69) is 5.10 Å². The number of halogens is 1. The Morgan fingerprint density at radius 2 is 1.92 bits per heavy atom. The second-order valence-corrected chi connectivity index (χ2v) is 7.62. The average molecular weight is 367 g/mol. The molecule has 0 N–H and O–H groups in total. The highest BCUT2D eigenvalue weighted by Crippen LogP contribution is 2.25. The van der Waals surface area contributed by atoms with Crippen LogP contribution in [0.1, 0.15) is 21.7 Å². The number of aromatic nitrogens is 2. The predicted octanol–water partition coefficient (Wildman–Crippen LogP) is 1.35. The first-order valence-electron chi connectivity index (χ1n) is 7.77. The van der Waals surface area contributed by atoms with E-state index in [-0.39, 0.29) is 34.9 Å². The monoisotopic (exact) mass is 367 g/mol. The van der Waals surface area contributed by atoms with Gasteiger partial charge in [-0.05, 0) is 32.0 Å². The number of aryl methyl sites for hydroxylation is 1.